The third kappa shape index (κ3) is 3.16. The number of nitrogens with one attached hydrogen (secondary N) is 2. The van der Waals surface area contributed by atoms with Gasteiger partial charge in [0.25, 0.3) is 0 Å². The van der Waals surface area contributed by atoms with Crippen molar-refractivity contribution in [2.24, 2.45) is 0 Å². The normalized spacial score (nSPS) is 12.6. The van der Waals surface area contributed by atoms with Crippen LogP contribution >= 0.6 is 0 Å². The number of anilines is 1. The van der Waals surface area contributed by atoms with E-state index in [9.17, 15) is 9.18 Å². The SMILES string of the molecule is CCCC/C=C\c1ccc2c3c([nH]c2c1F)-c1ccc(NC(C)=O)cc1C3. The van der Waals surface area contributed by atoms with Crippen LogP contribution in [0.5, 0.6) is 0 Å². The zero-order valence-corrected chi connectivity index (χ0v) is 15.7. The number of unbranched alkanes of at least 4 members (excludes halogenated alkanes) is 2. The monoisotopic (exact) mass is 362 g/mol. The number of hydrogen-bond donors (Lipinski definition) is 2. The molecule has 0 aliphatic heterocycles. The smallest absolute Gasteiger partial charge is 0.221 e. The van der Waals surface area contributed by atoms with Crippen molar-refractivity contribution in [2.45, 2.75) is 39.5 Å². The van der Waals surface area contributed by atoms with Crippen LogP contribution in [0.15, 0.2) is 36.4 Å². The molecule has 0 saturated heterocycles. The topological polar surface area (TPSA) is 44.9 Å². The number of H-pyrrole nitrogens is 1. The summed E-state index contributed by atoms with van der Waals surface area (Å²) in [6.45, 7) is 3.65. The summed E-state index contributed by atoms with van der Waals surface area (Å²) in [5, 5.41) is 3.75. The first-order valence-electron chi connectivity index (χ1n) is 9.49. The van der Waals surface area contributed by atoms with Crippen molar-refractivity contribution in [3.63, 3.8) is 0 Å². The fraction of sp³-hybridized carbons (Fsp3) is 0.261. The highest BCUT2D eigenvalue weighted by molar-refractivity contribution is 5.96. The molecular weight excluding hydrogens is 339 g/mol. The number of fused-ring (bicyclic) bond motifs is 5. The minimum Gasteiger partial charge on any atom is -0.352 e. The molecule has 1 amide bonds. The van der Waals surface area contributed by atoms with Crippen LogP contribution in [0.3, 0.4) is 0 Å². The highest BCUT2D eigenvalue weighted by Crippen LogP contribution is 2.42. The Bertz CT molecular complexity index is 1060. The molecule has 1 heterocycles. The summed E-state index contributed by atoms with van der Waals surface area (Å²) in [7, 11) is 0. The van der Waals surface area contributed by atoms with E-state index in [1.54, 1.807) is 0 Å². The molecular formula is C23H23FN2O. The fourth-order valence-corrected chi connectivity index (χ4v) is 3.83. The van der Waals surface area contributed by atoms with E-state index in [2.05, 4.69) is 17.2 Å². The minimum atomic E-state index is -0.189. The van der Waals surface area contributed by atoms with Crippen LogP contribution in [0.4, 0.5) is 10.1 Å². The van der Waals surface area contributed by atoms with Gasteiger partial charge in [-0.05, 0) is 29.7 Å². The van der Waals surface area contributed by atoms with E-state index in [0.29, 0.717) is 11.1 Å². The summed E-state index contributed by atoms with van der Waals surface area (Å²) in [4.78, 5) is 14.6. The predicted octanol–water partition coefficient (Wildman–Crippen LogP) is 6.04. The molecule has 0 radical (unpaired) electrons. The maximum atomic E-state index is 15.0. The molecule has 0 atom stereocenters. The van der Waals surface area contributed by atoms with Crippen LogP contribution in [-0.2, 0) is 11.2 Å². The van der Waals surface area contributed by atoms with Crippen molar-refractivity contribution < 1.29 is 9.18 Å². The lowest BCUT2D eigenvalue weighted by molar-refractivity contribution is -0.114. The van der Waals surface area contributed by atoms with E-state index in [4.69, 9.17) is 0 Å². The molecule has 3 nitrogen and oxygen atoms in total. The van der Waals surface area contributed by atoms with Crippen LogP contribution < -0.4 is 5.32 Å². The summed E-state index contributed by atoms with van der Waals surface area (Å²) in [6, 6.07) is 9.75. The van der Waals surface area contributed by atoms with Gasteiger partial charge in [-0.2, -0.15) is 0 Å². The Morgan fingerprint density at radius 2 is 2.15 bits per heavy atom. The van der Waals surface area contributed by atoms with Gasteiger partial charge in [0.2, 0.25) is 5.91 Å². The zero-order valence-electron chi connectivity index (χ0n) is 15.7. The molecule has 3 aromatic rings. The van der Waals surface area contributed by atoms with Gasteiger partial charge in [0, 0.05) is 35.5 Å². The van der Waals surface area contributed by atoms with Gasteiger partial charge < -0.3 is 10.3 Å². The molecule has 0 saturated carbocycles. The third-order valence-corrected chi connectivity index (χ3v) is 5.13. The Morgan fingerprint density at radius 3 is 2.93 bits per heavy atom. The predicted molar refractivity (Wildman–Crippen MR) is 109 cm³/mol. The van der Waals surface area contributed by atoms with E-state index in [1.807, 2.05) is 42.5 Å². The molecule has 2 N–H and O–H groups in total. The van der Waals surface area contributed by atoms with Crippen LogP contribution in [0.2, 0.25) is 0 Å². The molecule has 27 heavy (non-hydrogen) atoms. The molecule has 0 spiro atoms. The fourth-order valence-electron chi connectivity index (χ4n) is 3.83. The Kier molecular flexibility index (Phi) is 4.56. The van der Waals surface area contributed by atoms with Gasteiger partial charge in [0.15, 0.2) is 5.82 Å². The zero-order chi connectivity index (χ0) is 19.0. The quantitative estimate of drug-likeness (QED) is 0.418. The molecule has 1 aromatic heterocycles. The number of amides is 1. The van der Waals surface area contributed by atoms with Crippen LogP contribution in [-0.4, -0.2) is 10.9 Å². The van der Waals surface area contributed by atoms with Crippen LogP contribution in [0.1, 0.15) is 49.8 Å². The van der Waals surface area contributed by atoms with E-state index in [0.717, 1.165) is 59.1 Å². The maximum absolute atomic E-state index is 15.0. The van der Waals surface area contributed by atoms with Crippen molar-refractivity contribution in [1.29, 1.82) is 0 Å². The molecule has 0 fully saturated rings. The number of carbonyl (C=O) groups excluding carboxylic acids is 1. The van der Waals surface area contributed by atoms with Gasteiger partial charge in [0.1, 0.15) is 0 Å². The average Bonchev–Trinajstić information content (AvgIpc) is 3.16. The first-order valence-corrected chi connectivity index (χ1v) is 9.49. The van der Waals surface area contributed by atoms with E-state index in [-0.39, 0.29) is 11.7 Å². The van der Waals surface area contributed by atoms with Crippen LogP contribution in [0, 0.1) is 5.82 Å². The maximum Gasteiger partial charge on any atom is 0.221 e. The molecule has 138 valence electrons. The van der Waals surface area contributed by atoms with Crippen LogP contribution in [0.25, 0.3) is 28.2 Å². The lowest BCUT2D eigenvalue weighted by Gasteiger charge is -2.06. The number of aromatic nitrogens is 1. The van der Waals surface area contributed by atoms with Gasteiger partial charge in [-0.3, -0.25) is 4.79 Å². The largest absolute Gasteiger partial charge is 0.352 e. The number of allylic oxidation sites excluding steroid dienone is 1. The summed E-state index contributed by atoms with van der Waals surface area (Å²) < 4.78 is 15.0. The number of hydrogen-bond acceptors (Lipinski definition) is 1. The first kappa shape index (κ1) is 17.5. The van der Waals surface area contributed by atoms with Crippen molar-refractivity contribution in [3.8, 4) is 11.3 Å². The number of rotatable bonds is 5. The molecule has 0 unspecified atom stereocenters. The second-order valence-corrected chi connectivity index (χ2v) is 7.14. The van der Waals surface area contributed by atoms with Gasteiger partial charge in [-0.15, -0.1) is 0 Å². The second-order valence-electron chi connectivity index (χ2n) is 7.14. The first-order chi connectivity index (χ1) is 13.1. The number of benzene rings is 2. The molecule has 4 heteroatoms. The summed E-state index contributed by atoms with van der Waals surface area (Å²) in [5.74, 6) is -0.274. The molecule has 0 bridgehead atoms. The number of halogens is 1. The standard InChI is InChI=1S/C23H23FN2O/c1-3-4-5-6-7-15-8-10-19-20-13-16-12-17(25-14(2)27)9-11-18(16)22(20)26-23(19)21(15)24/h6-12,26H,3-5,13H2,1-2H3,(H,25,27)/b7-6-. The Labute approximate surface area is 158 Å². The number of carbonyl (C=O) groups is 1. The molecule has 4 rings (SSSR count). The Balaban J connectivity index is 1.70. The average molecular weight is 362 g/mol. The highest BCUT2D eigenvalue weighted by atomic mass is 19.1. The molecule has 2 aromatic carbocycles. The van der Waals surface area contributed by atoms with Crippen molar-refractivity contribution in [2.75, 3.05) is 5.32 Å². The summed E-state index contributed by atoms with van der Waals surface area (Å²) >= 11 is 0. The third-order valence-electron chi connectivity index (χ3n) is 5.13. The van der Waals surface area contributed by atoms with Crippen molar-refractivity contribution in [3.05, 3.63) is 58.9 Å². The minimum absolute atomic E-state index is 0.0847. The molecule has 1 aliphatic rings. The van der Waals surface area contributed by atoms with E-state index in [1.165, 1.54) is 6.92 Å². The van der Waals surface area contributed by atoms with Gasteiger partial charge in [-0.25, -0.2) is 4.39 Å². The van der Waals surface area contributed by atoms with Crippen molar-refractivity contribution in [1.82, 2.24) is 4.98 Å². The Hall–Kier alpha value is -2.88. The second kappa shape index (κ2) is 7.03. The number of aromatic amines is 1. The van der Waals surface area contributed by atoms with E-state index >= 15 is 0 Å². The lowest BCUT2D eigenvalue weighted by Crippen LogP contribution is -2.05. The lowest BCUT2D eigenvalue weighted by atomic mass is 10.1. The van der Waals surface area contributed by atoms with Gasteiger partial charge >= 0.3 is 0 Å². The van der Waals surface area contributed by atoms with Gasteiger partial charge in [-0.1, -0.05) is 50.1 Å². The highest BCUT2D eigenvalue weighted by Gasteiger charge is 2.25. The Morgan fingerprint density at radius 1 is 1.30 bits per heavy atom. The summed E-state index contributed by atoms with van der Waals surface area (Å²) in [5.41, 5.74) is 6.33. The summed E-state index contributed by atoms with van der Waals surface area (Å²) in [6.07, 6.45) is 7.89. The van der Waals surface area contributed by atoms with Crippen molar-refractivity contribution >= 4 is 28.6 Å². The molecule has 1 aliphatic carbocycles. The van der Waals surface area contributed by atoms with E-state index < -0.39 is 0 Å². The van der Waals surface area contributed by atoms with Gasteiger partial charge in [0.05, 0.1) is 11.2 Å².